The third kappa shape index (κ3) is 5.18. The fourth-order valence-electron chi connectivity index (χ4n) is 2.22. The van der Waals surface area contributed by atoms with Gasteiger partial charge in [-0.1, -0.05) is 13.8 Å². The van der Waals surface area contributed by atoms with Crippen molar-refractivity contribution >= 4 is 21.4 Å². The molecule has 1 aromatic carbocycles. The van der Waals surface area contributed by atoms with Crippen LogP contribution in [0.5, 0.6) is 0 Å². The standard InChI is InChI=1S/C14H25N3O3S/c1-10(2)8-14(3,18)9-17-13-6-5-11(7-12(13)15)21(19,20)16-4/h5-7,10,16-18H,8-9,15H2,1-4H3. The smallest absolute Gasteiger partial charge is 0.240 e. The third-order valence-electron chi connectivity index (χ3n) is 3.11. The second kappa shape index (κ2) is 6.64. The van der Waals surface area contributed by atoms with Crippen LogP contribution in [-0.2, 0) is 10.0 Å². The van der Waals surface area contributed by atoms with Crippen molar-refractivity contribution in [3.63, 3.8) is 0 Å². The Balaban J connectivity index is 2.83. The first kappa shape index (κ1) is 17.7. The number of hydrogen-bond acceptors (Lipinski definition) is 5. The first-order valence-electron chi connectivity index (χ1n) is 6.87. The summed E-state index contributed by atoms with van der Waals surface area (Å²) in [5, 5.41) is 13.3. The van der Waals surface area contributed by atoms with E-state index >= 15 is 0 Å². The SMILES string of the molecule is CNS(=O)(=O)c1ccc(NCC(C)(O)CC(C)C)c(N)c1. The molecule has 0 amide bonds. The minimum absolute atomic E-state index is 0.113. The molecule has 5 N–H and O–H groups in total. The van der Waals surface area contributed by atoms with E-state index in [9.17, 15) is 13.5 Å². The number of rotatable bonds is 7. The molecule has 1 unspecified atom stereocenters. The van der Waals surface area contributed by atoms with Crippen molar-refractivity contribution in [3.05, 3.63) is 18.2 Å². The van der Waals surface area contributed by atoms with E-state index in [2.05, 4.69) is 10.0 Å². The zero-order valence-electron chi connectivity index (χ0n) is 13.0. The number of hydrogen-bond donors (Lipinski definition) is 4. The number of nitrogens with one attached hydrogen (secondary N) is 2. The lowest BCUT2D eigenvalue weighted by Crippen LogP contribution is -2.35. The van der Waals surface area contributed by atoms with Crippen molar-refractivity contribution in [3.8, 4) is 0 Å². The van der Waals surface area contributed by atoms with E-state index in [0.717, 1.165) is 0 Å². The summed E-state index contributed by atoms with van der Waals surface area (Å²) in [6.07, 6.45) is 0.659. The highest BCUT2D eigenvalue weighted by Gasteiger charge is 2.22. The summed E-state index contributed by atoms with van der Waals surface area (Å²) >= 11 is 0. The molecule has 0 saturated carbocycles. The van der Waals surface area contributed by atoms with E-state index in [1.807, 2.05) is 13.8 Å². The predicted molar refractivity (Wildman–Crippen MR) is 85.7 cm³/mol. The van der Waals surface area contributed by atoms with Gasteiger partial charge in [-0.25, -0.2) is 13.1 Å². The molecule has 0 aliphatic carbocycles. The third-order valence-corrected chi connectivity index (χ3v) is 4.52. The van der Waals surface area contributed by atoms with Gasteiger partial charge in [0, 0.05) is 6.54 Å². The Bertz CT molecular complexity index is 583. The number of nitrogens with two attached hydrogens (primary N) is 1. The normalized spacial score (nSPS) is 15.0. The monoisotopic (exact) mass is 315 g/mol. The molecular weight excluding hydrogens is 290 g/mol. The molecule has 7 heteroatoms. The summed E-state index contributed by atoms with van der Waals surface area (Å²) in [4.78, 5) is 0.113. The molecule has 0 heterocycles. The molecule has 1 rings (SSSR count). The van der Waals surface area contributed by atoms with Crippen molar-refractivity contribution in [2.45, 2.75) is 37.7 Å². The van der Waals surface area contributed by atoms with Gasteiger partial charge in [-0.15, -0.1) is 0 Å². The number of benzene rings is 1. The molecule has 0 fully saturated rings. The van der Waals surface area contributed by atoms with Crippen LogP contribution in [0.1, 0.15) is 27.2 Å². The summed E-state index contributed by atoms with van der Waals surface area (Å²) in [7, 11) is -2.16. The van der Waals surface area contributed by atoms with Gasteiger partial charge in [0.1, 0.15) is 0 Å². The lowest BCUT2D eigenvalue weighted by molar-refractivity contribution is 0.0516. The Hall–Kier alpha value is -1.31. The maximum absolute atomic E-state index is 11.7. The second-order valence-corrected chi connectivity index (χ2v) is 7.79. The van der Waals surface area contributed by atoms with Gasteiger partial charge in [0.2, 0.25) is 10.0 Å². The molecule has 0 aliphatic rings. The Morgan fingerprint density at radius 2 is 2.00 bits per heavy atom. The maximum Gasteiger partial charge on any atom is 0.240 e. The van der Waals surface area contributed by atoms with Gasteiger partial charge >= 0.3 is 0 Å². The predicted octanol–water partition coefficient (Wildman–Crippen LogP) is 1.39. The molecule has 0 aliphatic heterocycles. The van der Waals surface area contributed by atoms with Crippen LogP contribution >= 0.6 is 0 Å². The fourth-order valence-corrected chi connectivity index (χ4v) is 2.99. The molecule has 0 radical (unpaired) electrons. The molecule has 0 bridgehead atoms. The molecule has 0 saturated heterocycles. The zero-order valence-corrected chi connectivity index (χ0v) is 13.8. The lowest BCUT2D eigenvalue weighted by atomic mass is 9.94. The number of nitrogen functional groups attached to an aromatic ring is 1. The summed E-state index contributed by atoms with van der Waals surface area (Å²) in [6, 6.07) is 4.47. The van der Waals surface area contributed by atoms with E-state index in [4.69, 9.17) is 5.73 Å². The largest absolute Gasteiger partial charge is 0.397 e. The van der Waals surface area contributed by atoms with Crippen LogP contribution in [0, 0.1) is 5.92 Å². The van der Waals surface area contributed by atoms with E-state index in [0.29, 0.717) is 30.3 Å². The van der Waals surface area contributed by atoms with Crippen LogP contribution in [0.3, 0.4) is 0 Å². The van der Waals surface area contributed by atoms with E-state index in [-0.39, 0.29) is 4.90 Å². The lowest BCUT2D eigenvalue weighted by Gasteiger charge is -2.26. The average Bonchev–Trinajstić information content (AvgIpc) is 2.35. The van der Waals surface area contributed by atoms with Crippen LogP contribution in [0.2, 0.25) is 0 Å². The number of sulfonamides is 1. The highest BCUT2D eigenvalue weighted by atomic mass is 32.2. The molecule has 0 aromatic heterocycles. The topological polar surface area (TPSA) is 104 Å². The number of anilines is 2. The van der Waals surface area contributed by atoms with Crippen molar-refractivity contribution in [1.29, 1.82) is 0 Å². The van der Waals surface area contributed by atoms with Crippen LogP contribution in [0.4, 0.5) is 11.4 Å². The summed E-state index contributed by atoms with van der Waals surface area (Å²) in [5.41, 5.74) is 5.95. The molecule has 120 valence electrons. The van der Waals surface area contributed by atoms with E-state index in [1.165, 1.54) is 19.2 Å². The average molecular weight is 315 g/mol. The minimum Gasteiger partial charge on any atom is -0.397 e. The number of aliphatic hydroxyl groups is 1. The Labute approximate surface area is 126 Å². The van der Waals surface area contributed by atoms with Crippen LogP contribution in [0.15, 0.2) is 23.1 Å². The van der Waals surface area contributed by atoms with Gasteiger partial charge in [-0.2, -0.15) is 0 Å². The molecule has 21 heavy (non-hydrogen) atoms. The van der Waals surface area contributed by atoms with Crippen molar-refractivity contribution in [1.82, 2.24) is 4.72 Å². The maximum atomic E-state index is 11.7. The molecule has 0 spiro atoms. The van der Waals surface area contributed by atoms with E-state index < -0.39 is 15.6 Å². The summed E-state index contributed by atoms with van der Waals surface area (Å²) < 4.78 is 25.6. The first-order chi connectivity index (χ1) is 9.57. The van der Waals surface area contributed by atoms with Gasteiger partial charge in [-0.05, 0) is 44.5 Å². The first-order valence-corrected chi connectivity index (χ1v) is 8.35. The summed E-state index contributed by atoms with van der Waals surface area (Å²) in [6.45, 7) is 6.18. The minimum atomic E-state index is -3.50. The molecule has 6 nitrogen and oxygen atoms in total. The van der Waals surface area contributed by atoms with Gasteiger partial charge in [0.05, 0.1) is 21.9 Å². The highest BCUT2D eigenvalue weighted by Crippen LogP contribution is 2.24. The molecule has 1 aromatic rings. The van der Waals surface area contributed by atoms with Crippen LogP contribution < -0.4 is 15.8 Å². The molecular formula is C14H25N3O3S. The second-order valence-electron chi connectivity index (χ2n) is 5.91. The fraction of sp³-hybridized carbons (Fsp3) is 0.571. The Kier molecular flexibility index (Phi) is 5.61. The van der Waals surface area contributed by atoms with Crippen molar-refractivity contribution in [2.75, 3.05) is 24.6 Å². The zero-order chi connectivity index (χ0) is 16.3. The van der Waals surface area contributed by atoms with Crippen molar-refractivity contribution in [2.24, 2.45) is 5.92 Å². The Morgan fingerprint density at radius 1 is 1.38 bits per heavy atom. The van der Waals surface area contributed by atoms with Crippen LogP contribution in [0.25, 0.3) is 0 Å². The van der Waals surface area contributed by atoms with Crippen molar-refractivity contribution < 1.29 is 13.5 Å². The van der Waals surface area contributed by atoms with Crippen LogP contribution in [-0.4, -0.2) is 32.7 Å². The highest BCUT2D eigenvalue weighted by molar-refractivity contribution is 7.89. The molecule has 1 atom stereocenters. The van der Waals surface area contributed by atoms with Gasteiger partial charge in [0.15, 0.2) is 0 Å². The van der Waals surface area contributed by atoms with E-state index in [1.54, 1.807) is 13.0 Å². The Morgan fingerprint density at radius 3 is 2.48 bits per heavy atom. The quantitative estimate of drug-likeness (QED) is 0.569. The van der Waals surface area contributed by atoms with Gasteiger partial charge in [0.25, 0.3) is 0 Å². The summed E-state index contributed by atoms with van der Waals surface area (Å²) in [5.74, 6) is 0.377. The van der Waals surface area contributed by atoms with Gasteiger partial charge < -0.3 is 16.2 Å². The van der Waals surface area contributed by atoms with Gasteiger partial charge in [-0.3, -0.25) is 0 Å².